The van der Waals surface area contributed by atoms with Crippen molar-refractivity contribution in [3.05, 3.63) is 41.2 Å². The Morgan fingerprint density at radius 1 is 1.47 bits per heavy atom. The van der Waals surface area contributed by atoms with Crippen LogP contribution in [0.5, 0.6) is 0 Å². The molecule has 2 aromatic rings. The van der Waals surface area contributed by atoms with E-state index in [0.717, 1.165) is 17.2 Å². The van der Waals surface area contributed by atoms with E-state index in [9.17, 15) is 0 Å². The molecule has 5 heteroatoms. The molecule has 0 fully saturated rings. The SMILES string of the molecule is Cc1ncc(CNc2cccnc2Cl)[nH]1. The Morgan fingerprint density at radius 3 is 3.00 bits per heavy atom. The number of aromatic amines is 1. The maximum absolute atomic E-state index is 5.90. The summed E-state index contributed by atoms with van der Waals surface area (Å²) in [6, 6.07) is 3.73. The third-order valence-corrected chi connectivity index (χ3v) is 2.29. The number of nitrogens with zero attached hydrogens (tertiary/aromatic N) is 2. The fourth-order valence-corrected chi connectivity index (χ4v) is 1.46. The predicted octanol–water partition coefficient (Wildman–Crippen LogP) is 2.38. The lowest BCUT2D eigenvalue weighted by Gasteiger charge is -2.05. The fourth-order valence-electron chi connectivity index (χ4n) is 1.27. The topological polar surface area (TPSA) is 53.6 Å². The van der Waals surface area contributed by atoms with Gasteiger partial charge in [-0.15, -0.1) is 0 Å². The second kappa shape index (κ2) is 4.31. The van der Waals surface area contributed by atoms with Gasteiger partial charge in [-0.05, 0) is 19.1 Å². The van der Waals surface area contributed by atoms with Gasteiger partial charge in [0.25, 0.3) is 0 Å². The summed E-state index contributed by atoms with van der Waals surface area (Å²) in [7, 11) is 0. The number of H-pyrrole nitrogens is 1. The largest absolute Gasteiger partial charge is 0.377 e. The highest BCUT2D eigenvalue weighted by Gasteiger charge is 2.00. The summed E-state index contributed by atoms with van der Waals surface area (Å²) < 4.78 is 0. The third-order valence-electron chi connectivity index (χ3n) is 1.98. The Balaban J connectivity index is 2.02. The van der Waals surface area contributed by atoms with Gasteiger partial charge in [0, 0.05) is 6.20 Å². The molecular weight excluding hydrogens is 212 g/mol. The Hall–Kier alpha value is -1.55. The summed E-state index contributed by atoms with van der Waals surface area (Å²) in [5.41, 5.74) is 1.85. The summed E-state index contributed by atoms with van der Waals surface area (Å²) in [6.45, 7) is 2.58. The van der Waals surface area contributed by atoms with E-state index in [1.165, 1.54) is 0 Å². The van der Waals surface area contributed by atoms with E-state index >= 15 is 0 Å². The molecule has 0 atom stereocenters. The first-order valence-corrected chi connectivity index (χ1v) is 4.98. The molecule has 15 heavy (non-hydrogen) atoms. The molecule has 2 heterocycles. The number of rotatable bonds is 3. The molecule has 0 spiro atoms. The van der Waals surface area contributed by atoms with E-state index in [2.05, 4.69) is 20.3 Å². The van der Waals surface area contributed by atoms with Gasteiger partial charge in [0.1, 0.15) is 5.82 Å². The molecule has 4 nitrogen and oxygen atoms in total. The van der Waals surface area contributed by atoms with E-state index in [-0.39, 0.29) is 0 Å². The molecule has 2 rings (SSSR count). The minimum atomic E-state index is 0.480. The number of halogens is 1. The second-order valence-corrected chi connectivity index (χ2v) is 3.55. The van der Waals surface area contributed by atoms with Gasteiger partial charge in [-0.2, -0.15) is 0 Å². The quantitative estimate of drug-likeness (QED) is 0.784. The average Bonchev–Trinajstić information content (AvgIpc) is 2.63. The molecule has 0 aliphatic carbocycles. The van der Waals surface area contributed by atoms with Crippen LogP contribution >= 0.6 is 11.6 Å². The molecule has 0 unspecified atom stereocenters. The number of pyridine rings is 1. The van der Waals surface area contributed by atoms with Crippen LogP contribution in [-0.4, -0.2) is 15.0 Å². The monoisotopic (exact) mass is 222 g/mol. The van der Waals surface area contributed by atoms with Crippen molar-refractivity contribution >= 4 is 17.3 Å². The van der Waals surface area contributed by atoms with Crippen LogP contribution in [0.4, 0.5) is 5.69 Å². The molecule has 0 aliphatic heterocycles. The summed E-state index contributed by atoms with van der Waals surface area (Å²) >= 11 is 5.90. The minimum absolute atomic E-state index is 0.480. The van der Waals surface area contributed by atoms with Crippen molar-refractivity contribution in [2.75, 3.05) is 5.32 Å². The molecule has 78 valence electrons. The van der Waals surface area contributed by atoms with Crippen molar-refractivity contribution < 1.29 is 0 Å². The van der Waals surface area contributed by atoms with Crippen molar-refractivity contribution in [1.82, 2.24) is 15.0 Å². The Labute approximate surface area is 92.7 Å². The Kier molecular flexibility index (Phi) is 2.87. The van der Waals surface area contributed by atoms with Crippen LogP contribution in [0.15, 0.2) is 24.5 Å². The van der Waals surface area contributed by atoms with Crippen LogP contribution in [-0.2, 0) is 6.54 Å². The highest BCUT2D eigenvalue weighted by Crippen LogP contribution is 2.17. The molecule has 0 radical (unpaired) electrons. The first kappa shape index (κ1) is 9.98. The van der Waals surface area contributed by atoms with E-state index in [0.29, 0.717) is 11.7 Å². The molecule has 0 aliphatic rings. The maximum Gasteiger partial charge on any atom is 0.152 e. The second-order valence-electron chi connectivity index (χ2n) is 3.19. The van der Waals surface area contributed by atoms with Gasteiger partial charge in [0.2, 0.25) is 0 Å². The predicted molar refractivity (Wildman–Crippen MR) is 59.9 cm³/mol. The fraction of sp³-hybridized carbons (Fsp3) is 0.200. The molecule has 0 saturated carbocycles. The molecule has 2 aromatic heterocycles. The lowest BCUT2D eigenvalue weighted by molar-refractivity contribution is 1.04. The van der Waals surface area contributed by atoms with Crippen molar-refractivity contribution in [2.24, 2.45) is 0 Å². The number of nitrogens with one attached hydrogen (secondary N) is 2. The van der Waals surface area contributed by atoms with Crippen LogP contribution < -0.4 is 5.32 Å². The summed E-state index contributed by atoms with van der Waals surface area (Å²) in [5.74, 6) is 0.907. The lowest BCUT2D eigenvalue weighted by Crippen LogP contribution is -2.00. The number of hydrogen-bond donors (Lipinski definition) is 2. The smallest absolute Gasteiger partial charge is 0.152 e. The molecule has 0 saturated heterocycles. The van der Waals surface area contributed by atoms with Crippen LogP contribution in [0.25, 0.3) is 0 Å². The number of aryl methyl sites for hydroxylation is 1. The van der Waals surface area contributed by atoms with Gasteiger partial charge in [0.05, 0.1) is 24.1 Å². The van der Waals surface area contributed by atoms with Gasteiger partial charge >= 0.3 is 0 Å². The average molecular weight is 223 g/mol. The number of anilines is 1. The van der Waals surface area contributed by atoms with Crippen molar-refractivity contribution in [3.63, 3.8) is 0 Å². The zero-order valence-electron chi connectivity index (χ0n) is 8.29. The summed E-state index contributed by atoms with van der Waals surface area (Å²) in [6.07, 6.45) is 3.46. The highest BCUT2D eigenvalue weighted by atomic mass is 35.5. The maximum atomic E-state index is 5.90. The van der Waals surface area contributed by atoms with Crippen LogP contribution in [0.1, 0.15) is 11.5 Å². The van der Waals surface area contributed by atoms with E-state index in [1.54, 1.807) is 12.4 Å². The number of imidazole rings is 1. The van der Waals surface area contributed by atoms with Gasteiger partial charge < -0.3 is 10.3 Å². The standard InChI is InChI=1S/C10H11ClN4/c1-7-13-5-8(15-7)6-14-9-3-2-4-12-10(9)11/h2-5,14H,6H2,1H3,(H,13,15). The van der Waals surface area contributed by atoms with Gasteiger partial charge in [-0.1, -0.05) is 11.6 Å². The normalized spacial score (nSPS) is 10.3. The molecule has 0 aromatic carbocycles. The summed E-state index contributed by atoms with van der Waals surface area (Å²) in [5, 5.41) is 3.66. The highest BCUT2D eigenvalue weighted by molar-refractivity contribution is 6.31. The molecule has 2 N–H and O–H groups in total. The summed E-state index contributed by atoms with van der Waals surface area (Å²) in [4.78, 5) is 11.2. The van der Waals surface area contributed by atoms with Gasteiger partial charge in [0.15, 0.2) is 5.15 Å². The zero-order valence-corrected chi connectivity index (χ0v) is 9.04. The molecule has 0 amide bonds. The Morgan fingerprint density at radius 2 is 2.33 bits per heavy atom. The Bertz CT molecular complexity index is 452. The zero-order chi connectivity index (χ0) is 10.7. The first-order chi connectivity index (χ1) is 7.25. The van der Waals surface area contributed by atoms with E-state index in [4.69, 9.17) is 11.6 Å². The third kappa shape index (κ3) is 2.47. The van der Waals surface area contributed by atoms with E-state index in [1.807, 2.05) is 19.1 Å². The van der Waals surface area contributed by atoms with Crippen molar-refractivity contribution in [1.29, 1.82) is 0 Å². The van der Waals surface area contributed by atoms with Crippen LogP contribution in [0, 0.1) is 6.92 Å². The van der Waals surface area contributed by atoms with Crippen molar-refractivity contribution in [3.8, 4) is 0 Å². The minimum Gasteiger partial charge on any atom is -0.377 e. The number of aromatic nitrogens is 3. The molecule has 0 bridgehead atoms. The van der Waals surface area contributed by atoms with E-state index < -0.39 is 0 Å². The van der Waals surface area contributed by atoms with Crippen molar-refractivity contribution in [2.45, 2.75) is 13.5 Å². The number of hydrogen-bond acceptors (Lipinski definition) is 3. The first-order valence-electron chi connectivity index (χ1n) is 4.60. The van der Waals surface area contributed by atoms with Crippen LogP contribution in [0.2, 0.25) is 5.15 Å². The molecular formula is C10H11ClN4. The van der Waals surface area contributed by atoms with Gasteiger partial charge in [-0.3, -0.25) is 0 Å². The lowest BCUT2D eigenvalue weighted by atomic mass is 10.4. The van der Waals surface area contributed by atoms with Gasteiger partial charge in [-0.25, -0.2) is 9.97 Å². The van der Waals surface area contributed by atoms with Crippen LogP contribution in [0.3, 0.4) is 0 Å².